The Kier molecular flexibility index (Phi) is 4.41. The number of hydrogen-bond donors (Lipinski definition) is 1. The highest BCUT2D eigenvalue weighted by atomic mass is 16.3. The summed E-state index contributed by atoms with van der Waals surface area (Å²) in [5.74, 6) is -0.907. The summed E-state index contributed by atoms with van der Waals surface area (Å²) in [6, 6.07) is 11.2. The maximum absolute atomic E-state index is 12.5. The third-order valence-corrected chi connectivity index (χ3v) is 3.88. The van der Waals surface area contributed by atoms with E-state index in [-0.39, 0.29) is 5.91 Å². The first-order chi connectivity index (χ1) is 9.53. The lowest BCUT2D eigenvalue weighted by Crippen LogP contribution is -2.36. The molecule has 1 aromatic carbocycles. The Labute approximate surface area is 119 Å². The van der Waals surface area contributed by atoms with Crippen molar-refractivity contribution in [2.45, 2.75) is 37.7 Å². The zero-order chi connectivity index (χ0) is 14.6. The number of carbonyl (C=O) groups is 1. The summed E-state index contributed by atoms with van der Waals surface area (Å²) in [5, 5.41) is 19.4. The van der Waals surface area contributed by atoms with Gasteiger partial charge in [0.15, 0.2) is 0 Å². The minimum Gasteiger partial charge on any atom is -0.390 e. The molecule has 1 N–H and O–H groups in total. The summed E-state index contributed by atoms with van der Waals surface area (Å²) in [6.07, 6.45) is 2.02. The van der Waals surface area contributed by atoms with Crippen LogP contribution in [0.15, 0.2) is 30.3 Å². The zero-order valence-corrected chi connectivity index (χ0v) is 11.7. The van der Waals surface area contributed by atoms with Crippen LogP contribution in [0.4, 0.5) is 0 Å². The highest BCUT2D eigenvalue weighted by Crippen LogP contribution is 2.24. The lowest BCUT2D eigenvalue weighted by Gasteiger charge is -2.24. The number of benzene rings is 1. The molecule has 0 aromatic heterocycles. The Balaban J connectivity index is 2.12. The second kappa shape index (κ2) is 6.06. The molecule has 1 aliphatic heterocycles. The van der Waals surface area contributed by atoms with E-state index in [1.807, 2.05) is 18.2 Å². The van der Waals surface area contributed by atoms with Gasteiger partial charge in [-0.05, 0) is 31.7 Å². The second-order valence-electron chi connectivity index (χ2n) is 5.65. The topological polar surface area (TPSA) is 64.3 Å². The number of nitriles is 1. The Hall–Kier alpha value is -1.86. The minimum atomic E-state index is -0.751. The molecule has 1 aliphatic rings. The van der Waals surface area contributed by atoms with Gasteiger partial charge in [0.1, 0.15) is 5.92 Å². The summed E-state index contributed by atoms with van der Waals surface area (Å²) in [5.41, 5.74) is 0.0280. The van der Waals surface area contributed by atoms with Crippen LogP contribution in [0.25, 0.3) is 0 Å². The molecule has 1 amide bonds. The quantitative estimate of drug-likeness (QED) is 0.896. The van der Waals surface area contributed by atoms with Crippen molar-refractivity contribution in [2.75, 3.05) is 13.1 Å². The van der Waals surface area contributed by atoms with E-state index in [4.69, 9.17) is 0 Å². The van der Waals surface area contributed by atoms with Gasteiger partial charge in [-0.2, -0.15) is 5.26 Å². The highest BCUT2D eigenvalue weighted by molar-refractivity contribution is 5.86. The molecule has 4 heteroatoms. The molecule has 0 radical (unpaired) electrons. The third-order valence-electron chi connectivity index (χ3n) is 3.88. The summed E-state index contributed by atoms with van der Waals surface area (Å²) in [4.78, 5) is 14.2. The highest BCUT2D eigenvalue weighted by Gasteiger charge is 2.30. The Bertz CT molecular complexity index is 505. The van der Waals surface area contributed by atoms with Crippen LogP contribution in [0.5, 0.6) is 0 Å². The fourth-order valence-corrected chi connectivity index (χ4v) is 2.58. The predicted molar refractivity (Wildman–Crippen MR) is 75.9 cm³/mol. The average molecular weight is 272 g/mol. The Morgan fingerprint density at radius 2 is 2.05 bits per heavy atom. The molecule has 2 atom stereocenters. The van der Waals surface area contributed by atoms with E-state index >= 15 is 0 Å². The molecular weight excluding hydrogens is 252 g/mol. The zero-order valence-electron chi connectivity index (χ0n) is 11.7. The third kappa shape index (κ3) is 3.37. The SMILES string of the molecule is CC1(O)CCCN(C(=O)C(C#N)c2ccccc2)CC1. The van der Waals surface area contributed by atoms with Crippen LogP contribution in [-0.2, 0) is 4.79 Å². The Morgan fingerprint density at radius 1 is 1.35 bits per heavy atom. The van der Waals surface area contributed by atoms with Gasteiger partial charge in [0, 0.05) is 13.1 Å². The number of hydrogen-bond acceptors (Lipinski definition) is 3. The normalized spacial score (nSPS) is 24.6. The summed E-state index contributed by atoms with van der Waals surface area (Å²) in [7, 11) is 0. The van der Waals surface area contributed by atoms with Crippen molar-refractivity contribution in [3.63, 3.8) is 0 Å². The van der Waals surface area contributed by atoms with Gasteiger partial charge in [-0.1, -0.05) is 30.3 Å². The number of rotatable bonds is 2. The second-order valence-corrected chi connectivity index (χ2v) is 5.65. The lowest BCUT2D eigenvalue weighted by molar-refractivity contribution is -0.131. The molecule has 0 spiro atoms. The lowest BCUT2D eigenvalue weighted by atomic mass is 9.98. The molecule has 0 aliphatic carbocycles. The van der Waals surface area contributed by atoms with Gasteiger partial charge >= 0.3 is 0 Å². The monoisotopic (exact) mass is 272 g/mol. The van der Waals surface area contributed by atoms with Crippen molar-refractivity contribution in [2.24, 2.45) is 0 Å². The molecule has 2 rings (SSSR count). The summed E-state index contributed by atoms with van der Waals surface area (Å²) < 4.78 is 0. The summed E-state index contributed by atoms with van der Waals surface area (Å²) in [6.45, 7) is 2.93. The maximum atomic E-state index is 12.5. The molecule has 1 saturated heterocycles. The number of likely N-dealkylation sites (tertiary alicyclic amines) is 1. The van der Waals surface area contributed by atoms with E-state index in [1.165, 1.54) is 0 Å². The number of amides is 1. The van der Waals surface area contributed by atoms with Crippen LogP contribution in [0.2, 0.25) is 0 Å². The minimum absolute atomic E-state index is 0.156. The Morgan fingerprint density at radius 3 is 2.70 bits per heavy atom. The smallest absolute Gasteiger partial charge is 0.244 e. The predicted octanol–water partition coefficient (Wildman–Crippen LogP) is 2.06. The molecule has 106 valence electrons. The van der Waals surface area contributed by atoms with E-state index in [9.17, 15) is 15.2 Å². The molecule has 4 nitrogen and oxygen atoms in total. The van der Waals surface area contributed by atoms with Crippen molar-refractivity contribution in [1.82, 2.24) is 4.90 Å². The van der Waals surface area contributed by atoms with Gasteiger partial charge in [0.2, 0.25) is 5.91 Å². The summed E-state index contributed by atoms with van der Waals surface area (Å²) >= 11 is 0. The largest absolute Gasteiger partial charge is 0.390 e. The fraction of sp³-hybridized carbons (Fsp3) is 0.500. The fourth-order valence-electron chi connectivity index (χ4n) is 2.58. The molecule has 1 fully saturated rings. The van der Waals surface area contributed by atoms with Crippen molar-refractivity contribution < 1.29 is 9.90 Å². The van der Waals surface area contributed by atoms with Crippen molar-refractivity contribution >= 4 is 5.91 Å². The molecule has 20 heavy (non-hydrogen) atoms. The van der Waals surface area contributed by atoms with Crippen molar-refractivity contribution in [3.05, 3.63) is 35.9 Å². The van der Waals surface area contributed by atoms with Crippen molar-refractivity contribution in [1.29, 1.82) is 5.26 Å². The van der Waals surface area contributed by atoms with Gasteiger partial charge < -0.3 is 10.0 Å². The van der Waals surface area contributed by atoms with Crippen LogP contribution in [0.1, 0.15) is 37.7 Å². The molecular formula is C16H20N2O2. The van der Waals surface area contributed by atoms with Gasteiger partial charge in [-0.25, -0.2) is 0 Å². The van der Waals surface area contributed by atoms with Crippen LogP contribution >= 0.6 is 0 Å². The number of nitrogens with zero attached hydrogens (tertiary/aromatic N) is 2. The first kappa shape index (κ1) is 14.5. The van der Waals surface area contributed by atoms with Gasteiger partial charge in [0.05, 0.1) is 11.7 Å². The first-order valence-corrected chi connectivity index (χ1v) is 6.99. The molecule has 0 saturated carbocycles. The molecule has 1 heterocycles. The van der Waals surface area contributed by atoms with Crippen LogP contribution in [0.3, 0.4) is 0 Å². The number of aliphatic hydroxyl groups is 1. The first-order valence-electron chi connectivity index (χ1n) is 6.99. The number of carbonyl (C=O) groups excluding carboxylic acids is 1. The van der Waals surface area contributed by atoms with Gasteiger partial charge in [-0.3, -0.25) is 4.79 Å². The van der Waals surface area contributed by atoms with Crippen LogP contribution in [0, 0.1) is 11.3 Å². The van der Waals surface area contributed by atoms with E-state index in [1.54, 1.807) is 24.0 Å². The van der Waals surface area contributed by atoms with Gasteiger partial charge in [-0.15, -0.1) is 0 Å². The molecule has 1 aromatic rings. The van der Waals surface area contributed by atoms with E-state index in [2.05, 4.69) is 6.07 Å². The van der Waals surface area contributed by atoms with Crippen LogP contribution < -0.4 is 0 Å². The van der Waals surface area contributed by atoms with E-state index in [0.717, 1.165) is 12.0 Å². The standard InChI is InChI=1S/C16H20N2O2/c1-16(20)8-5-10-18(11-9-16)15(19)14(12-17)13-6-3-2-4-7-13/h2-4,6-7,14,20H,5,8-11H2,1H3. The average Bonchev–Trinajstić information content (AvgIpc) is 2.61. The van der Waals surface area contributed by atoms with Crippen molar-refractivity contribution in [3.8, 4) is 6.07 Å². The van der Waals surface area contributed by atoms with Crippen LogP contribution in [-0.4, -0.2) is 34.6 Å². The maximum Gasteiger partial charge on any atom is 0.244 e. The molecule has 2 unspecified atom stereocenters. The van der Waals surface area contributed by atoms with E-state index < -0.39 is 11.5 Å². The molecule has 0 bridgehead atoms. The van der Waals surface area contributed by atoms with E-state index in [0.29, 0.717) is 25.9 Å². The van der Waals surface area contributed by atoms with Gasteiger partial charge in [0.25, 0.3) is 0 Å².